The zero-order chi connectivity index (χ0) is 18.8. The molecule has 0 N–H and O–H groups in total. The standard InChI is InChI=1S/C19H12Cl3N3OS/c20-14-3-1-2-13(9-14)18-17(25-6-7-27-19(25)24-18)10-23-26-11-12-4-5-15(21)16(22)8-12/h1-10H,11H2/b23-10+. The van der Waals surface area contributed by atoms with Gasteiger partial charge in [0.05, 0.1) is 27.6 Å². The molecule has 8 heteroatoms. The second-order valence-corrected chi connectivity index (χ2v) is 7.79. The average Bonchev–Trinajstić information content (AvgIpc) is 3.23. The fraction of sp³-hybridized carbons (Fsp3) is 0.0526. The Morgan fingerprint density at radius 1 is 1.11 bits per heavy atom. The Bertz CT molecular complexity index is 1140. The van der Waals surface area contributed by atoms with E-state index in [9.17, 15) is 0 Å². The van der Waals surface area contributed by atoms with Gasteiger partial charge >= 0.3 is 0 Å². The molecule has 136 valence electrons. The maximum absolute atomic E-state index is 6.13. The number of fused-ring (bicyclic) bond motifs is 1. The predicted octanol–water partition coefficient (Wildman–Crippen LogP) is 6.57. The van der Waals surface area contributed by atoms with E-state index < -0.39 is 0 Å². The largest absolute Gasteiger partial charge is 0.391 e. The third-order valence-electron chi connectivity index (χ3n) is 3.86. The minimum atomic E-state index is 0.283. The number of aromatic nitrogens is 2. The number of thiazole rings is 1. The van der Waals surface area contributed by atoms with Crippen molar-refractivity contribution in [2.45, 2.75) is 6.61 Å². The van der Waals surface area contributed by atoms with E-state index in [1.54, 1.807) is 29.7 Å². The molecule has 0 aliphatic carbocycles. The first-order valence-corrected chi connectivity index (χ1v) is 9.94. The molecule has 0 aliphatic heterocycles. The second kappa shape index (κ2) is 7.90. The van der Waals surface area contributed by atoms with E-state index in [-0.39, 0.29) is 6.61 Å². The lowest BCUT2D eigenvalue weighted by Gasteiger charge is -2.03. The number of rotatable bonds is 5. The highest BCUT2D eigenvalue weighted by Gasteiger charge is 2.14. The molecule has 4 nitrogen and oxygen atoms in total. The minimum absolute atomic E-state index is 0.283. The van der Waals surface area contributed by atoms with Crippen LogP contribution in [0.15, 0.2) is 59.2 Å². The summed E-state index contributed by atoms with van der Waals surface area (Å²) < 4.78 is 1.97. The lowest BCUT2D eigenvalue weighted by Crippen LogP contribution is -1.93. The summed E-state index contributed by atoms with van der Waals surface area (Å²) in [6, 6.07) is 12.9. The maximum Gasteiger partial charge on any atom is 0.194 e. The maximum atomic E-state index is 6.13. The highest BCUT2D eigenvalue weighted by Crippen LogP contribution is 2.27. The number of hydrogen-bond donors (Lipinski definition) is 0. The zero-order valence-corrected chi connectivity index (χ0v) is 16.9. The molecule has 2 aromatic carbocycles. The van der Waals surface area contributed by atoms with Crippen molar-refractivity contribution in [3.05, 3.63) is 80.4 Å². The summed E-state index contributed by atoms with van der Waals surface area (Å²) in [5.41, 5.74) is 3.42. The molecule has 0 fully saturated rings. The molecule has 2 heterocycles. The summed E-state index contributed by atoms with van der Waals surface area (Å²) in [4.78, 5) is 11.0. The van der Waals surface area contributed by atoms with Crippen LogP contribution in [-0.4, -0.2) is 15.6 Å². The number of imidazole rings is 1. The van der Waals surface area contributed by atoms with Crippen molar-refractivity contribution in [1.29, 1.82) is 0 Å². The van der Waals surface area contributed by atoms with Crippen LogP contribution >= 0.6 is 46.1 Å². The van der Waals surface area contributed by atoms with E-state index >= 15 is 0 Å². The summed E-state index contributed by atoms with van der Waals surface area (Å²) in [6.45, 7) is 0.283. The molecule has 2 aromatic heterocycles. The summed E-state index contributed by atoms with van der Waals surface area (Å²) in [6.07, 6.45) is 3.60. The third kappa shape index (κ3) is 3.96. The normalized spacial score (nSPS) is 11.5. The van der Waals surface area contributed by atoms with Gasteiger partial charge in [0, 0.05) is 22.2 Å². The van der Waals surface area contributed by atoms with Crippen LogP contribution in [-0.2, 0) is 11.4 Å². The van der Waals surface area contributed by atoms with Crippen molar-refractivity contribution in [2.75, 3.05) is 0 Å². The van der Waals surface area contributed by atoms with Crippen molar-refractivity contribution >= 4 is 57.3 Å². The van der Waals surface area contributed by atoms with E-state index in [1.807, 2.05) is 46.3 Å². The molecule has 4 rings (SSSR count). The molecule has 0 saturated heterocycles. The third-order valence-corrected chi connectivity index (χ3v) is 5.59. The smallest absolute Gasteiger partial charge is 0.194 e. The van der Waals surface area contributed by atoms with E-state index in [4.69, 9.17) is 39.6 Å². The molecule has 27 heavy (non-hydrogen) atoms. The fourth-order valence-electron chi connectivity index (χ4n) is 2.60. The van der Waals surface area contributed by atoms with Crippen molar-refractivity contribution < 1.29 is 4.84 Å². The molecular formula is C19H12Cl3N3OS. The molecule has 0 bridgehead atoms. The van der Waals surface area contributed by atoms with Gasteiger partial charge in [-0.15, -0.1) is 11.3 Å². The van der Waals surface area contributed by atoms with Crippen LogP contribution in [0.5, 0.6) is 0 Å². The van der Waals surface area contributed by atoms with Crippen molar-refractivity contribution in [1.82, 2.24) is 9.38 Å². The van der Waals surface area contributed by atoms with Crippen LogP contribution in [0.1, 0.15) is 11.3 Å². The van der Waals surface area contributed by atoms with Crippen LogP contribution in [0.4, 0.5) is 0 Å². The Labute approximate surface area is 174 Å². The first-order valence-electron chi connectivity index (χ1n) is 7.92. The second-order valence-electron chi connectivity index (χ2n) is 5.67. The topological polar surface area (TPSA) is 38.9 Å². The molecule has 0 radical (unpaired) electrons. The van der Waals surface area contributed by atoms with E-state index in [0.29, 0.717) is 15.1 Å². The van der Waals surface area contributed by atoms with Gasteiger partial charge in [-0.25, -0.2) is 4.98 Å². The summed E-state index contributed by atoms with van der Waals surface area (Å²) in [5.74, 6) is 0. The van der Waals surface area contributed by atoms with Crippen molar-refractivity contribution in [2.24, 2.45) is 5.16 Å². The van der Waals surface area contributed by atoms with Crippen LogP contribution in [0.3, 0.4) is 0 Å². The van der Waals surface area contributed by atoms with Crippen LogP contribution in [0.25, 0.3) is 16.2 Å². The first kappa shape index (κ1) is 18.3. The molecule has 0 amide bonds. The summed E-state index contributed by atoms with van der Waals surface area (Å²) in [7, 11) is 0. The van der Waals surface area contributed by atoms with Gasteiger partial charge in [-0.3, -0.25) is 4.40 Å². The van der Waals surface area contributed by atoms with E-state index in [0.717, 1.165) is 27.5 Å². The van der Waals surface area contributed by atoms with Gasteiger partial charge in [0.2, 0.25) is 0 Å². The first-order chi connectivity index (χ1) is 13.1. The number of benzene rings is 2. The quantitative estimate of drug-likeness (QED) is 0.262. The van der Waals surface area contributed by atoms with Gasteiger partial charge in [-0.2, -0.15) is 0 Å². The van der Waals surface area contributed by atoms with Crippen molar-refractivity contribution in [3.63, 3.8) is 0 Å². The predicted molar refractivity (Wildman–Crippen MR) is 112 cm³/mol. The summed E-state index contributed by atoms with van der Waals surface area (Å²) >= 11 is 19.6. The Morgan fingerprint density at radius 2 is 2.00 bits per heavy atom. The molecule has 0 saturated carbocycles. The number of nitrogens with zero attached hydrogens (tertiary/aromatic N) is 3. The molecule has 0 atom stereocenters. The molecule has 0 spiro atoms. The fourth-order valence-corrected chi connectivity index (χ4v) is 3.84. The lowest BCUT2D eigenvalue weighted by atomic mass is 10.1. The Hall–Kier alpha value is -2.05. The molecule has 0 unspecified atom stereocenters. The highest BCUT2D eigenvalue weighted by atomic mass is 35.5. The Morgan fingerprint density at radius 3 is 2.81 bits per heavy atom. The minimum Gasteiger partial charge on any atom is -0.391 e. The van der Waals surface area contributed by atoms with Gasteiger partial charge < -0.3 is 4.84 Å². The SMILES string of the molecule is Clc1cccc(-c2nc3sccn3c2/C=N/OCc2ccc(Cl)c(Cl)c2)c1. The number of oxime groups is 1. The van der Waals surface area contributed by atoms with Gasteiger partial charge in [0.1, 0.15) is 6.61 Å². The lowest BCUT2D eigenvalue weighted by molar-refractivity contribution is 0.132. The van der Waals surface area contributed by atoms with Crippen molar-refractivity contribution in [3.8, 4) is 11.3 Å². The van der Waals surface area contributed by atoms with Gasteiger partial charge in [0.25, 0.3) is 0 Å². The average molecular weight is 437 g/mol. The zero-order valence-electron chi connectivity index (χ0n) is 13.8. The van der Waals surface area contributed by atoms with Gasteiger partial charge in [-0.05, 0) is 29.8 Å². The van der Waals surface area contributed by atoms with E-state index in [2.05, 4.69) is 10.1 Å². The molecular weight excluding hydrogens is 425 g/mol. The van der Waals surface area contributed by atoms with Crippen LogP contribution in [0, 0.1) is 0 Å². The molecule has 4 aromatic rings. The van der Waals surface area contributed by atoms with Crippen LogP contribution in [0.2, 0.25) is 15.1 Å². The number of halogens is 3. The van der Waals surface area contributed by atoms with Gasteiger partial charge in [0.15, 0.2) is 4.96 Å². The van der Waals surface area contributed by atoms with Gasteiger partial charge in [-0.1, -0.05) is 58.2 Å². The monoisotopic (exact) mass is 435 g/mol. The summed E-state index contributed by atoms with van der Waals surface area (Å²) in [5, 5.41) is 7.73. The Kier molecular flexibility index (Phi) is 5.36. The van der Waals surface area contributed by atoms with Crippen LogP contribution < -0.4 is 0 Å². The number of hydrogen-bond acceptors (Lipinski definition) is 4. The Balaban J connectivity index is 1.59. The van der Waals surface area contributed by atoms with E-state index in [1.165, 1.54) is 0 Å². The molecule has 0 aliphatic rings. The highest BCUT2D eigenvalue weighted by molar-refractivity contribution is 7.15.